The van der Waals surface area contributed by atoms with Crippen molar-refractivity contribution < 1.29 is 4.74 Å². The first-order chi connectivity index (χ1) is 7.31. The maximum atomic E-state index is 6.31. The average Bonchev–Trinajstić information content (AvgIpc) is 2.15. The molecule has 1 aliphatic carbocycles. The predicted octanol–water partition coefficient (Wildman–Crippen LogP) is 3.77. The van der Waals surface area contributed by atoms with Crippen molar-refractivity contribution in [2.45, 2.75) is 71.0 Å². The van der Waals surface area contributed by atoms with E-state index in [-0.39, 0.29) is 11.2 Å². The van der Waals surface area contributed by atoms with Crippen LogP contribution >= 0.6 is 0 Å². The Hall–Kier alpha value is -0.480. The molecule has 0 spiro atoms. The fourth-order valence-electron chi connectivity index (χ4n) is 3.98. The molecule has 1 aliphatic heterocycles. The van der Waals surface area contributed by atoms with Crippen LogP contribution in [0.4, 0.5) is 0 Å². The molecule has 0 amide bonds. The van der Waals surface area contributed by atoms with Gasteiger partial charge in [0.1, 0.15) is 5.60 Å². The van der Waals surface area contributed by atoms with E-state index in [1.54, 1.807) is 0 Å². The van der Waals surface area contributed by atoms with Gasteiger partial charge >= 0.3 is 0 Å². The van der Waals surface area contributed by atoms with Gasteiger partial charge in [0.25, 0.3) is 0 Å². The monoisotopic (exact) mass is 220 g/mol. The number of ether oxygens (including phenoxy) is 1. The second kappa shape index (κ2) is 3.50. The number of hydrogen-bond acceptors (Lipinski definition) is 1. The zero-order valence-electron chi connectivity index (χ0n) is 11.1. The van der Waals surface area contributed by atoms with Gasteiger partial charge in [-0.05, 0) is 50.9 Å². The molecule has 16 heavy (non-hydrogen) atoms. The highest BCUT2D eigenvalue weighted by molar-refractivity contribution is 5.12. The van der Waals surface area contributed by atoms with Crippen LogP contribution in [0.5, 0.6) is 0 Å². The number of rotatable bonds is 0. The molecule has 0 aromatic carbocycles. The highest BCUT2D eigenvalue weighted by atomic mass is 16.5. The van der Waals surface area contributed by atoms with Crippen LogP contribution in [0.15, 0.2) is 0 Å². The van der Waals surface area contributed by atoms with Gasteiger partial charge in [0.05, 0.1) is 5.60 Å². The molecule has 1 nitrogen and oxygen atoms in total. The minimum absolute atomic E-state index is 0.00111. The highest BCUT2D eigenvalue weighted by Crippen LogP contribution is 2.54. The van der Waals surface area contributed by atoms with Gasteiger partial charge < -0.3 is 4.74 Å². The van der Waals surface area contributed by atoms with Gasteiger partial charge in [-0.15, -0.1) is 6.42 Å². The molecule has 1 heterocycles. The van der Waals surface area contributed by atoms with Crippen LogP contribution in [0.3, 0.4) is 0 Å². The summed E-state index contributed by atoms with van der Waals surface area (Å²) in [4.78, 5) is 0. The summed E-state index contributed by atoms with van der Waals surface area (Å²) in [5, 5.41) is 0. The lowest BCUT2D eigenvalue weighted by atomic mass is 9.58. The van der Waals surface area contributed by atoms with E-state index >= 15 is 0 Å². The van der Waals surface area contributed by atoms with Crippen LogP contribution in [0, 0.1) is 23.7 Å². The lowest BCUT2D eigenvalue weighted by Crippen LogP contribution is -2.56. The van der Waals surface area contributed by atoms with Crippen molar-refractivity contribution >= 4 is 0 Å². The molecule has 3 atom stereocenters. The van der Waals surface area contributed by atoms with E-state index in [1.165, 1.54) is 25.7 Å². The molecule has 3 unspecified atom stereocenters. The quantitative estimate of drug-likeness (QED) is 0.565. The summed E-state index contributed by atoms with van der Waals surface area (Å²) >= 11 is 0. The summed E-state index contributed by atoms with van der Waals surface area (Å²) < 4.78 is 6.31. The summed E-state index contributed by atoms with van der Waals surface area (Å²) in [6.07, 6.45) is 11.6. The second-order valence-electron chi connectivity index (χ2n) is 6.72. The van der Waals surface area contributed by atoms with E-state index in [0.717, 1.165) is 6.42 Å². The SMILES string of the molecule is C#CC1(C)CCC2C(C)(C)CCCC2(C)O1. The van der Waals surface area contributed by atoms with E-state index in [4.69, 9.17) is 11.2 Å². The van der Waals surface area contributed by atoms with Crippen LogP contribution in [-0.4, -0.2) is 11.2 Å². The van der Waals surface area contributed by atoms with Crippen molar-refractivity contribution in [2.75, 3.05) is 0 Å². The van der Waals surface area contributed by atoms with Gasteiger partial charge in [-0.3, -0.25) is 0 Å². The van der Waals surface area contributed by atoms with Crippen LogP contribution < -0.4 is 0 Å². The van der Waals surface area contributed by atoms with E-state index in [0.29, 0.717) is 11.3 Å². The molecule has 0 radical (unpaired) electrons. The first kappa shape index (κ1) is 12.0. The third-order valence-corrected chi connectivity index (χ3v) is 4.85. The third-order valence-electron chi connectivity index (χ3n) is 4.85. The molecule has 1 saturated carbocycles. The first-order valence-corrected chi connectivity index (χ1v) is 6.49. The molecular weight excluding hydrogens is 196 g/mol. The maximum Gasteiger partial charge on any atom is 0.126 e. The summed E-state index contributed by atoms with van der Waals surface area (Å²) in [6.45, 7) is 9.11. The molecule has 1 heteroatoms. The zero-order chi connectivity index (χ0) is 12.0. The fourth-order valence-corrected chi connectivity index (χ4v) is 3.98. The summed E-state index contributed by atoms with van der Waals surface area (Å²) in [7, 11) is 0. The van der Waals surface area contributed by atoms with Gasteiger partial charge in [-0.1, -0.05) is 26.2 Å². The third kappa shape index (κ3) is 1.78. The predicted molar refractivity (Wildman–Crippen MR) is 67.1 cm³/mol. The van der Waals surface area contributed by atoms with E-state index in [1.807, 2.05) is 0 Å². The lowest BCUT2D eigenvalue weighted by Gasteiger charge is -2.56. The molecule has 2 rings (SSSR count). The molecule has 1 saturated heterocycles. The normalized spacial score (nSPS) is 46.8. The Kier molecular flexibility index (Phi) is 2.63. The summed E-state index contributed by atoms with van der Waals surface area (Å²) in [6, 6.07) is 0. The van der Waals surface area contributed by atoms with Crippen molar-refractivity contribution in [3.63, 3.8) is 0 Å². The topological polar surface area (TPSA) is 9.23 Å². The molecular formula is C15H24O. The molecule has 0 aromatic heterocycles. The summed E-state index contributed by atoms with van der Waals surface area (Å²) in [5.41, 5.74) is 0.0721. The van der Waals surface area contributed by atoms with Crippen LogP contribution in [0.2, 0.25) is 0 Å². The highest BCUT2D eigenvalue weighted by Gasteiger charge is 2.52. The minimum Gasteiger partial charge on any atom is -0.356 e. The molecule has 0 aromatic rings. The molecule has 0 bridgehead atoms. The van der Waals surface area contributed by atoms with Gasteiger partial charge in [-0.2, -0.15) is 0 Å². The largest absolute Gasteiger partial charge is 0.356 e. The van der Waals surface area contributed by atoms with Gasteiger partial charge in [0.15, 0.2) is 0 Å². The van der Waals surface area contributed by atoms with Crippen LogP contribution in [-0.2, 0) is 4.74 Å². The Bertz CT molecular complexity index is 325. The summed E-state index contributed by atoms with van der Waals surface area (Å²) in [5.74, 6) is 3.51. The van der Waals surface area contributed by atoms with Gasteiger partial charge in [0.2, 0.25) is 0 Å². The number of fused-ring (bicyclic) bond motifs is 1. The standard InChI is InChI=1S/C15H24O/c1-6-14(4)11-8-12-13(2,3)9-7-10-15(12,5)16-14/h1,12H,7-11H2,2-5H3. The molecule has 0 N–H and O–H groups in total. The van der Waals surface area contributed by atoms with E-state index in [2.05, 4.69) is 33.6 Å². The zero-order valence-corrected chi connectivity index (χ0v) is 11.1. The van der Waals surface area contributed by atoms with Crippen molar-refractivity contribution in [1.29, 1.82) is 0 Å². The maximum absolute atomic E-state index is 6.31. The van der Waals surface area contributed by atoms with Crippen molar-refractivity contribution in [3.05, 3.63) is 0 Å². The van der Waals surface area contributed by atoms with Crippen molar-refractivity contribution in [1.82, 2.24) is 0 Å². The van der Waals surface area contributed by atoms with Gasteiger partial charge in [-0.25, -0.2) is 0 Å². The van der Waals surface area contributed by atoms with Crippen molar-refractivity contribution in [2.24, 2.45) is 11.3 Å². The van der Waals surface area contributed by atoms with Gasteiger partial charge in [0, 0.05) is 0 Å². The first-order valence-electron chi connectivity index (χ1n) is 6.49. The minimum atomic E-state index is -0.335. The van der Waals surface area contributed by atoms with Crippen LogP contribution in [0.25, 0.3) is 0 Å². The Morgan fingerprint density at radius 2 is 1.81 bits per heavy atom. The fraction of sp³-hybridized carbons (Fsp3) is 0.867. The molecule has 2 fully saturated rings. The Balaban J connectivity index is 2.27. The lowest BCUT2D eigenvalue weighted by molar-refractivity contribution is -0.218. The molecule has 90 valence electrons. The Morgan fingerprint density at radius 1 is 1.12 bits per heavy atom. The Morgan fingerprint density at radius 3 is 2.44 bits per heavy atom. The Labute approximate surface area is 99.9 Å². The average molecular weight is 220 g/mol. The van der Waals surface area contributed by atoms with E-state index in [9.17, 15) is 0 Å². The van der Waals surface area contributed by atoms with E-state index < -0.39 is 0 Å². The molecule has 2 aliphatic rings. The smallest absolute Gasteiger partial charge is 0.126 e. The number of terminal acetylenes is 1. The number of hydrogen-bond donors (Lipinski definition) is 0. The second-order valence-corrected chi connectivity index (χ2v) is 6.72. The van der Waals surface area contributed by atoms with Crippen LogP contribution in [0.1, 0.15) is 59.8 Å². The van der Waals surface area contributed by atoms with Crippen molar-refractivity contribution in [3.8, 4) is 12.3 Å².